The zero-order valence-corrected chi connectivity index (χ0v) is 11.9. The van der Waals surface area contributed by atoms with Crippen molar-refractivity contribution in [2.24, 2.45) is 0 Å². The smallest absolute Gasteiger partial charge is 0.0766 e. The summed E-state index contributed by atoms with van der Waals surface area (Å²) in [6.07, 6.45) is 1.96. The maximum absolute atomic E-state index is 5.96. The molecule has 1 aromatic heterocycles. The Morgan fingerprint density at radius 1 is 1.37 bits per heavy atom. The lowest BCUT2D eigenvalue weighted by Gasteiger charge is -2.06. The summed E-state index contributed by atoms with van der Waals surface area (Å²) in [5.74, 6) is 0. The third kappa shape index (κ3) is 3.80. The van der Waals surface area contributed by atoms with Crippen LogP contribution in [-0.4, -0.2) is 30.0 Å². The molecule has 102 valence electrons. The van der Waals surface area contributed by atoms with Gasteiger partial charge in [-0.2, -0.15) is 5.10 Å². The highest BCUT2D eigenvalue weighted by Crippen LogP contribution is 2.18. The topological polar surface area (TPSA) is 39.1 Å². The van der Waals surface area contributed by atoms with Crippen molar-refractivity contribution in [1.29, 1.82) is 0 Å². The van der Waals surface area contributed by atoms with Gasteiger partial charge in [-0.3, -0.25) is 0 Å². The van der Waals surface area contributed by atoms with Crippen molar-refractivity contribution in [3.8, 4) is 5.69 Å². The number of benzene rings is 1. The molecule has 0 spiro atoms. The summed E-state index contributed by atoms with van der Waals surface area (Å²) in [7, 11) is 1.69. The molecule has 0 aliphatic carbocycles. The van der Waals surface area contributed by atoms with Crippen molar-refractivity contribution in [1.82, 2.24) is 15.1 Å². The van der Waals surface area contributed by atoms with Gasteiger partial charge in [0.15, 0.2) is 0 Å². The van der Waals surface area contributed by atoms with Crippen molar-refractivity contribution in [3.63, 3.8) is 0 Å². The largest absolute Gasteiger partial charge is 0.383 e. The number of nitrogens with one attached hydrogen (secondary N) is 1. The molecule has 0 bridgehead atoms. The van der Waals surface area contributed by atoms with Gasteiger partial charge in [-0.1, -0.05) is 11.6 Å². The Morgan fingerprint density at radius 2 is 2.21 bits per heavy atom. The first-order chi connectivity index (χ1) is 9.20. The van der Waals surface area contributed by atoms with E-state index in [2.05, 4.69) is 10.4 Å². The molecule has 0 unspecified atom stereocenters. The number of hydrogen-bond acceptors (Lipinski definition) is 3. The van der Waals surface area contributed by atoms with Crippen LogP contribution in [0.2, 0.25) is 5.02 Å². The van der Waals surface area contributed by atoms with Crippen LogP contribution in [0.15, 0.2) is 30.5 Å². The fraction of sp³-hybridized carbons (Fsp3) is 0.357. The fourth-order valence-electron chi connectivity index (χ4n) is 1.86. The predicted molar refractivity (Wildman–Crippen MR) is 76.9 cm³/mol. The highest BCUT2D eigenvalue weighted by Gasteiger charge is 2.04. The molecule has 0 saturated carbocycles. The molecule has 0 aliphatic heterocycles. The zero-order valence-electron chi connectivity index (χ0n) is 11.2. The van der Waals surface area contributed by atoms with E-state index in [4.69, 9.17) is 16.3 Å². The number of hydrogen-bond donors (Lipinski definition) is 1. The number of halogens is 1. The van der Waals surface area contributed by atoms with Crippen molar-refractivity contribution in [3.05, 3.63) is 46.7 Å². The maximum Gasteiger partial charge on any atom is 0.0766 e. The van der Waals surface area contributed by atoms with Crippen LogP contribution in [0, 0.1) is 6.92 Å². The normalized spacial score (nSPS) is 10.9. The minimum atomic E-state index is 0.705. The van der Waals surface area contributed by atoms with Gasteiger partial charge in [-0.25, -0.2) is 4.68 Å². The van der Waals surface area contributed by atoms with Gasteiger partial charge in [-0.05, 0) is 36.8 Å². The monoisotopic (exact) mass is 279 g/mol. The van der Waals surface area contributed by atoms with Crippen LogP contribution in [0.1, 0.15) is 11.3 Å². The lowest BCUT2D eigenvalue weighted by atomic mass is 10.2. The number of nitrogens with zero attached hydrogens (tertiary/aromatic N) is 2. The Labute approximate surface area is 118 Å². The molecule has 0 saturated heterocycles. The van der Waals surface area contributed by atoms with Gasteiger partial charge < -0.3 is 10.1 Å². The first-order valence-electron chi connectivity index (χ1n) is 6.21. The number of aryl methyl sites for hydroxylation is 1. The molecule has 19 heavy (non-hydrogen) atoms. The molecule has 0 atom stereocenters. The summed E-state index contributed by atoms with van der Waals surface area (Å²) in [5.41, 5.74) is 3.16. The average Bonchev–Trinajstić information content (AvgIpc) is 2.83. The van der Waals surface area contributed by atoms with E-state index in [9.17, 15) is 0 Å². The number of aromatic nitrogens is 2. The molecule has 1 N–H and O–H groups in total. The summed E-state index contributed by atoms with van der Waals surface area (Å²) < 4.78 is 6.85. The van der Waals surface area contributed by atoms with E-state index < -0.39 is 0 Å². The zero-order chi connectivity index (χ0) is 13.7. The van der Waals surface area contributed by atoms with E-state index in [1.54, 1.807) is 7.11 Å². The maximum atomic E-state index is 5.96. The molecule has 0 amide bonds. The molecule has 0 radical (unpaired) electrons. The lowest BCUT2D eigenvalue weighted by molar-refractivity contribution is 0.199. The molecule has 5 heteroatoms. The Hall–Kier alpha value is -1.36. The Balaban J connectivity index is 2.04. The summed E-state index contributed by atoms with van der Waals surface area (Å²) in [4.78, 5) is 0. The summed E-state index contributed by atoms with van der Waals surface area (Å²) in [6, 6.07) is 7.80. The van der Waals surface area contributed by atoms with Gasteiger partial charge in [0.1, 0.15) is 0 Å². The van der Waals surface area contributed by atoms with Crippen LogP contribution < -0.4 is 5.32 Å². The van der Waals surface area contributed by atoms with E-state index in [1.807, 2.05) is 42.1 Å². The SMILES string of the molecule is COCCNCc1ccn(-c2ccc(Cl)cc2C)n1. The van der Waals surface area contributed by atoms with Gasteiger partial charge >= 0.3 is 0 Å². The summed E-state index contributed by atoms with van der Waals surface area (Å²) in [5, 5.41) is 8.55. The van der Waals surface area contributed by atoms with Gasteiger partial charge in [0.25, 0.3) is 0 Å². The Morgan fingerprint density at radius 3 is 2.95 bits per heavy atom. The molecular weight excluding hydrogens is 262 g/mol. The third-order valence-corrected chi connectivity index (χ3v) is 3.07. The minimum Gasteiger partial charge on any atom is -0.383 e. The first kappa shape index (κ1) is 14.1. The second-order valence-corrected chi connectivity index (χ2v) is 4.79. The van der Waals surface area contributed by atoms with E-state index in [0.29, 0.717) is 6.61 Å². The first-order valence-corrected chi connectivity index (χ1v) is 6.59. The van der Waals surface area contributed by atoms with E-state index in [1.165, 1.54) is 0 Å². The van der Waals surface area contributed by atoms with Crippen LogP contribution in [0.3, 0.4) is 0 Å². The number of rotatable bonds is 6. The Bertz CT molecular complexity index is 539. The Kier molecular flexibility index (Phi) is 4.96. The standard InChI is InChI=1S/C14H18ClN3O/c1-11-9-12(15)3-4-14(11)18-7-5-13(17-18)10-16-6-8-19-2/h3-5,7,9,16H,6,8,10H2,1-2H3. The van der Waals surface area contributed by atoms with Crippen LogP contribution in [0.5, 0.6) is 0 Å². The quantitative estimate of drug-likeness (QED) is 0.826. The van der Waals surface area contributed by atoms with Crippen molar-refractivity contribution >= 4 is 11.6 Å². The molecule has 2 aromatic rings. The third-order valence-electron chi connectivity index (χ3n) is 2.84. The van der Waals surface area contributed by atoms with Crippen molar-refractivity contribution < 1.29 is 4.74 Å². The minimum absolute atomic E-state index is 0.705. The van der Waals surface area contributed by atoms with Gasteiger partial charge in [0.05, 0.1) is 18.0 Å². The fourth-order valence-corrected chi connectivity index (χ4v) is 2.08. The van der Waals surface area contributed by atoms with E-state index >= 15 is 0 Å². The van der Waals surface area contributed by atoms with Crippen LogP contribution in [0.4, 0.5) is 0 Å². The van der Waals surface area contributed by atoms with E-state index in [0.717, 1.165) is 35.1 Å². The average molecular weight is 280 g/mol. The van der Waals surface area contributed by atoms with Crippen LogP contribution in [0.25, 0.3) is 5.69 Å². The van der Waals surface area contributed by atoms with E-state index in [-0.39, 0.29) is 0 Å². The predicted octanol–water partition coefficient (Wildman–Crippen LogP) is 2.57. The lowest BCUT2D eigenvalue weighted by Crippen LogP contribution is -2.18. The highest BCUT2D eigenvalue weighted by molar-refractivity contribution is 6.30. The highest BCUT2D eigenvalue weighted by atomic mass is 35.5. The number of ether oxygens (including phenoxy) is 1. The molecular formula is C14H18ClN3O. The molecule has 4 nitrogen and oxygen atoms in total. The van der Waals surface area contributed by atoms with Gasteiger partial charge in [0, 0.05) is 31.4 Å². The summed E-state index contributed by atoms with van der Waals surface area (Å²) in [6.45, 7) is 4.29. The van der Waals surface area contributed by atoms with Crippen molar-refractivity contribution in [2.75, 3.05) is 20.3 Å². The molecule has 2 rings (SSSR count). The van der Waals surface area contributed by atoms with Gasteiger partial charge in [-0.15, -0.1) is 0 Å². The van der Waals surface area contributed by atoms with Crippen LogP contribution in [-0.2, 0) is 11.3 Å². The summed E-state index contributed by atoms with van der Waals surface area (Å²) >= 11 is 5.96. The number of methoxy groups -OCH3 is 1. The molecule has 0 fully saturated rings. The van der Waals surface area contributed by atoms with Gasteiger partial charge in [0.2, 0.25) is 0 Å². The molecule has 1 aromatic carbocycles. The van der Waals surface area contributed by atoms with Crippen molar-refractivity contribution in [2.45, 2.75) is 13.5 Å². The van der Waals surface area contributed by atoms with Crippen LogP contribution >= 0.6 is 11.6 Å². The second kappa shape index (κ2) is 6.70. The molecule has 1 heterocycles. The molecule has 0 aliphatic rings. The second-order valence-electron chi connectivity index (χ2n) is 4.35.